The molecule has 4 rings (SSSR count). The minimum atomic E-state index is -0.544. The summed E-state index contributed by atoms with van der Waals surface area (Å²) in [6, 6.07) is 11.3. The molecular formula is C24H23FN4O2S. The van der Waals surface area contributed by atoms with E-state index in [1.54, 1.807) is 30.3 Å². The molecule has 1 saturated heterocycles. The van der Waals surface area contributed by atoms with Crippen LogP contribution in [0.4, 0.5) is 15.8 Å². The number of aromatic nitrogens is 1. The van der Waals surface area contributed by atoms with Gasteiger partial charge < -0.3 is 16.0 Å². The number of rotatable bonds is 6. The number of piperidine rings is 1. The molecule has 32 heavy (non-hydrogen) atoms. The molecule has 0 saturated carbocycles. The number of nitrogens with zero attached hydrogens (tertiary/aromatic N) is 2. The maximum Gasteiger partial charge on any atom is 0.248 e. The van der Waals surface area contributed by atoms with Crippen molar-refractivity contribution in [3.8, 4) is 10.6 Å². The van der Waals surface area contributed by atoms with E-state index in [-0.39, 0.29) is 11.7 Å². The van der Waals surface area contributed by atoms with Crippen molar-refractivity contribution in [1.82, 2.24) is 4.98 Å². The van der Waals surface area contributed by atoms with Gasteiger partial charge in [-0.05, 0) is 67.8 Å². The summed E-state index contributed by atoms with van der Waals surface area (Å²) in [5, 5.41) is 5.45. The average molecular weight is 451 g/mol. The van der Waals surface area contributed by atoms with Crippen LogP contribution in [0.25, 0.3) is 16.6 Å². The molecule has 0 unspecified atom stereocenters. The minimum Gasteiger partial charge on any atom is -0.370 e. The zero-order valence-electron chi connectivity index (χ0n) is 17.4. The maximum absolute atomic E-state index is 13.1. The van der Waals surface area contributed by atoms with Crippen molar-refractivity contribution in [1.29, 1.82) is 0 Å². The first kappa shape index (κ1) is 21.7. The molecule has 2 amide bonds. The highest BCUT2D eigenvalue weighted by molar-refractivity contribution is 7.13. The Balaban J connectivity index is 1.49. The first-order valence-electron chi connectivity index (χ1n) is 10.4. The molecule has 0 aliphatic carbocycles. The number of amides is 2. The van der Waals surface area contributed by atoms with Crippen molar-refractivity contribution in [2.45, 2.75) is 19.3 Å². The van der Waals surface area contributed by atoms with E-state index < -0.39 is 5.91 Å². The van der Waals surface area contributed by atoms with Gasteiger partial charge in [0.2, 0.25) is 11.8 Å². The number of hydrogen-bond acceptors (Lipinski definition) is 5. The third kappa shape index (κ3) is 5.20. The Bertz CT molecular complexity index is 1150. The van der Waals surface area contributed by atoms with Crippen molar-refractivity contribution in [2.75, 3.05) is 23.3 Å². The molecule has 164 valence electrons. The van der Waals surface area contributed by atoms with E-state index in [1.807, 2.05) is 11.4 Å². The van der Waals surface area contributed by atoms with Gasteiger partial charge in [-0.15, -0.1) is 11.3 Å². The van der Waals surface area contributed by atoms with E-state index in [2.05, 4.69) is 15.2 Å². The zero-order chi connectivity index (χ0) is 22.5. The normalized spacial score (nSPS) is 14.0. The largest absolute Gasteiger partial charge is 0.370 e. The van der Waals surface area contributed by atoms with Gasteiger partial charge in [-0.3, -0.25) is 9.59 Å². The second-order valence-electron chi connectivity index (χ2n) is 7.55. The summed E-state index contributed by atoms with van der Waals surface area (Å²) >= 11 is 1.42. The van der Waals surface area contributed by atoms with Gasteiger partial charge in [0, 0.05) is 35.7 Å². The second-order valence-corrected chi connectivity index (χ2v) is 8.41. The molecule has 0 atom stereocenters. The smallest absolute Gasteiger partial charge is 0.248 e. The van der Waals surface area contributed by atoms with Crippen LogP contribution in [0.5, 0.6) is 0 Å². The van der Waals surface area contributed by atoms with E-state index in [9.17, 15) is 14.0 Å². The van der Waals surface area contributed by atoms with Gasteiger partial charge in [-0.25, -0.2) is 9.37 Å². The molecule has 6 nitrogen and oxygen atoms in total. The fourth-order valence-corrected chi connectivity index (χ4v) is 4.42. The molecular weight excluding hydrogens is 427 g/mol. The fraction of sp³-hybridized carbons (Fsp3) is 0.208. The molecule has 3 aromatic rings. The lowest BCUT2D eigenvalue weighted by atomic mass is 10.1. The molecule has 2 aromatic carbocycles. The maximum atomic E-state index is 13.1. The summed E-state index contributed by atoms with van der Waals surface area (Å²) in [5.41, 5.74) is 8.65. The van der Waals surface area contributed by atoms with Crippen LogP contribution in [0.2, 0.25) is 0 Å². The summed E-state index contributed by atoms with van der Waals surface area (Å²) in [5.74, 6) is -1.18. The van der Waals surface area contributed by atoms with Crippen LogP contribution in [0.15, 0.2) is 53.9 Å². The number of nitrogens with one attached hydrogen (secondary N) is 1. The predicted molar refractivity (Wildman–Crippen MR) is 126 cm³/mol. The van der Waals surface area contributed by atoms with Crippen LogP contribution >= 0.6 is 11.3 Å². The second kappa shape index (κ2) is 9.74. The Kier molecular flexibility index (Phi) is 6.61. The number of carbonyl (C=O) groups excluding carboxylic acids is 2. The topological polar surface area (TPSA) is 88.3 Å². The fourth-order valence-electron chi connectivity index (χ4n) is 3.62. The summed E-state index contributed by atoms with van der Waals surface area (Å²) in [4.78, 5) is 30.9. The van der Waals surface area contributed by atoms with E-state index in [0.717, 1.165) is 42.2 Å². The lowest BCUT2D eigenvalue weighted by molar-refractivity contribution is -0.111. The molecule has 1 fully saturated rings. The van der Waals surface area contributed by atoms with Crippen LogP contribution in [0.1, 0.15) is 35.3 Å². The van der Waals surface area contributed by atoms with Crippen LogP contribution in [-0.2, 0) is 4.79 Å². The highest BCUT2D eigenvalue weighted by atomic mass is 32.1. The number of thiazole rings is 1. The van der Waals surface area contributed by atoms with Gasteiger partial charge >= 0.3 is 0 Å². The van der Waals surface area contributed by atoms with Crippen LogP contribution in [0.3, 0.4) is 0 Å². The van der Waals surface area contributed by atoms with Gasteiger partial charge in [0.05, 0.1) is 17.1 Å². The van der Waals surface area contributed by atoms with Crippen LogP contribution < -0.4 is 16.0 Å². The lowest BCUT2D eigenvalue weighted by Crippen LogP contribution is -2.30. The number of primary amides is 1. The SMILES string of the molecule is NC(=O)c1ccc(N2CCCCC2)c(NC(=O)/C=C/c2csc(-c3ccc(F)cc3)n2)c1. The average Bonchev–Trinajstić information content (AvgIpc) is 3.28. The Hall–Kier alpha value is -3.52. The summed E-state index contributed by atoms with van der Waals surface area (Å²) < 4.78 is 13.1. The Morgan fingerprint density at radius 1 is 1.09 bits per heavy atom. The number of halogens is 1. The van der Waals surface area contributed by atoms with Gasteiger partial charge in [0.1, 0.15) is 10.8 Å². The van der Waals surface area contributed by atoms with Gasteiger partial charge in [0.15, 0.2) is 0 Å². The quantitative estimate of drug-likeness (QED) is 0.533. The third-order valence-electron chi connectivity index (χ3n) is 5.25. The molecule has 8 heteroatoms. The van der Waals surface area contributed by atoms with Crippen LogP contribution in [-0.4, -0.2) is 29.9 Å². The Labute approximate surface area is 189 Å². The Morgan fingerprint density at radius 2 is 1.84 bits per heavy atom. The van der Waals surface area contributed by atoms with E-state index in [4.69, 9.17) is 5.73 Å². The zero-order valence-corrected chi connectivity index (χ0v) is 18.2. The van der Waals surface area contributed by atoms with Gasteiger partial charge in [-0.2, -0.15) is 0 Å². The molecule has 2 heterocycles. The molecule has 1 aliphatic heterocycles. The molecule has 3 N–H and O–H groups in total. The Morgan fingerprint density at radius 3 is 2.56 bits per heavy atom. The van der Waals surface area contributed by atoms with E-state index in [0.29, 0.717) is 16.9 Å². The molecule has 0 spiro atoms. The van der Waals surface area contributed by atoms with Crippen molar-refractivity contribution in [3.05, 3.63) is 71.0 Å². The van der Waals surface area contributed by atoms with Crippen molar-refractivity contribution in [2.24, 2.45) is 5.73 Å². The number of hydrogen-bond donors (Lipinski definition) is 2. The van der Waals surface area contributed by atoms with Gasteiger partial charge in [-0.1, -0.05) is 0 Å². The highest BCUT2D eigenvalue weighted by Gasteiger charge is 2.17. The molecule has 1 aromatic heterocycles. The highest BCUT2D eigenvalue weighted by Crippen LogP contribution is 2.30. The number of carbonyl (C=O) groups is 2. The number of nitrogens with two attached hydrogens (primary N) is 1. The van der Waals surface area contributed by atoms with E-state index in [1.165, 1.54) is 36.0 Å². The van der Waals surface area contributed by atoms with Gasteiger partial charge in [0.25, 0.3) is 0 Å². The van der Waals surface area contributed by atoms with Crippen molar-refractivity contribution in [3.63, 3.8) is 0 Å². The lowest BCUT2D eigenvalue weighted by Gasteiger charge is -2.30. The molecule has 1 aliphatic rings. The standard InChI is InChI=1S/C24H23FN4O2S/c25-18-7-4-16(5-8-18)24-27-19(15-32-24)9-11-22(30)28-20-14-17(23(26)31)6-10-21(20)29-12-2-1-3-13-29/h4-11,14-15H,1-3,12-13H2,(H2,26,31)(H,28,30)/b11-9+. The monoisotopic (exact) mass is 450 g/mol. The summed E-state index contributed by atoms with van der Waals surface area (Å²) in [6.07, 6.45) is 6.39. The molecule has 0 radical (unpaired) electrons. The number of anilines is 2. The molecule has 0 bridgehead atoms. The number of benzene rings is 2. The first-order chi connectivity index (χ1) is 15.5. The summed E-state index contributed by atoms with van der Waals surface area (Å²) in [7, 11) is 0. The first-order valence-corrected chi connectivity index (χ1v) is 11.3. The van der Waals surface area contributed by atoms with Crippen LogP contribution in [0, 0.1) is 5.82 Å². The van der Waals surface area contributed by atoms with Crippen molar-refractivity contribution < 1.29 is 14.0 Å². The van der Waals surface area contributed by atoms with E-state index >= 15 is 0 Å². The minimum absolute atomic E-state index is 0.300. The third-order valence-corrected chi connectivity index (χ3v) is 6.16. The predicted octanol–water partition coefficient (Wildman–Crippen LogP) is 4.69. The summed E-state index contributed by atoms with van der Waals surface area (Å²) in [6.45, 7) is 1.80. The van der Waals surface area contributed by atoms with Crippen molar-refractivity contribution >= 4 is 40.6 Å².